The fourth-order valence-electron chi connectivity index (χ4n) is 3.00. The number of ether oxygens (including phenoxy) is 2. The Hall–Kier alpha value is -3.36. The number of hydrogen-bond acceptors (Lipinski definition) is 5. The first-order chi connectivity index (χ1) is 16.7. The van der Waals surface area contributed by atoms with Crippen LogP contribution in [0.2, 0.25) is 5.02 Å². The number of benzene rings is 3. The maximum Gasteiger partial charge on any atom is 0.306 e. The molecule has 0 bridgehead atoms. The van der Waals surface area contributed by atoms with Crippen LogP contribution >= 0.6 is 27.5 Å². The Morgan fingerprint density at radius 1 is 0.829 bits per heavy atom. The normalized spacial score (nSPS) is 10.4. The second-order valence-corrected chi connectivity index (χ2v) is 9.04. The predicted molar refractivity (Wildman–Crippen MR) is 139 cm³/mol. The number of aryl methyl sites for hydroxylation is 2. The van der Waals surface area contributed by atoms with E-state index in [1.54, 1.807) is 48.5 Å². The molecule has 0 fully saturated rings. The standard InChI is InChI=1S/C26H24BrClN2O5/c1-16-14-23(17(2)13-22(16)27)30-25(32)15-34-26(33)12-11-24(31)29-19-5-9-21(10-6-19)35-20-7-3-18(28)4-8-20/h3-10,13-14H,11-12,15H2,1-2H3,(H,29,31)(H,30,32). The van der Waals surface area contributed by atoms with Gasteiger partial charge in [-0.3, -0.25) is 14.4 Å². The molecule has 0 unspecified atom stereocenters. The summed E-state index contributed by atoms with van der Waals surface area (Å²) in [7, 11) is 0. The Bertz CT molecular complexity index is 1210. The van der Waals surface area contributed by atoms with E-state index in [2.05, 4.69) is 26.6 Å². The molecule has 3 rings (SSSR count). The van der Waals surface area contributed by atoms with Gasteiger partial charge in [-0.1, -0.05) is 27.5 Å². The predicted octanol–water partition coefficient (Wildman–Crippen LogP) is 6.41. The molecule has 0 aromatic heterocycles. The first-order valence-electron chi connectivity index (χ1n) is 10.7. The Kier molecular flexibility index (Phi) is 9.28. The molecule has 0 aliphatic heterocycles. The van der Waals surface area contributed by atoms with Gasteiger partial charge in [-0.25, -0.2) is 0 Å². The average Bonchev–Trinajstić information content (AvgIpc) is 2.82. The number of rotatable bonds is 9. The number of esters is 1. The van der Waals surface area contributed by atoms with Crippen LogP contribution in [0.3, 0.4) is 0 Å². The number of nitrogens with one attached hydrogen (secondary N) is 2. The Morgan fingerprint density at radius 3 is 2.11 bits per heavy atom. The van der Waals surface area contributed by atoms with Crippen LogP contribution in [0.25, 0.3) is 0 Å². The third kappa shape index (κ3) is 8.42. The van der Waals surface area contributed by atoms with Crippen molar-refractivity contribution >= 4 is 56.7 Å². The van der Waals surface area contributed by atoms with Gasteiger partial charge >= 0.3 is 5.97 Å². The molecule has 0 spiro atoms. The lowest BCUT2D eigenvalue weighted by Gasteiger charge is -2.11. The molecule has 35 heavy (non-hydrogen) atoms. The van der Waals surface area contributed by atoms with Crippen molar-refractivity contribution in [1.82, 2.24) is 0 Å². The Balaban J connectivity index is 1.38. The summed E-state index contributed by atoms with van der Waals surface area (Å²) in [6.45, 7) is 3.35. The lowest BCUT2D eigenvalue weighted by Crippen LogP contribution is -2.22. The number of carbonyl (C=O) groups excluding carboxylic acids is 3. The SMILES string of the molecule is Cc1cc(NC(=O)COC(=O)CCC(=O)Nc2ccc(Oc3ccc(Cl)cc3)cc2)c(C)cc1Br. The molecule has 0 aliphatic rings. The van der Waals surface area contributed by atoms with Crippen LogP contribution in [0, 0.1) is 13.8 Å². The zero-order chi connectivity index (χ0) is 25.4. The highest BCUT2D eigenvalue weighted by Crippen LogP contribution is 2.25. The second-order valence-electron chi connectivity index (χ2n) is 7.75. The van der Waals surface area contributed by atoms with Crippen LogP contribution in [0.5, 0.6) is 11.5 Å². The first-order valence-corrected chi connectivity index (χ1v) is 11.9. The van der Waals surface area contributed by atoms with Crippen LogP contribution in [0.15, 0.2) is 65.1 Å². The molecule has 9 heteroatoms. The van der Waals surface area contributed by atoms with E-state index in [4.69, 9.17) is 21.1 Å². The maximum atomic E-state index is 12.2. The molecule has 0 saturated carbocycles. The third-order valence-corrected chi connectivity index (χ3v) is 5.99. The highest BCUT2D eigenvalue weighted by Gasteiger charge is 2.12. The topological polar surface area (TPSA) is 93.7 Å². The van der Waals surface area contributed by atoms with Crippen LogP contribution in [-0.2, 0) is 19.1 Å². The van der Waals surface area contributed by atoms with Crippen LogP contribution in [-0.4, -0.2) is 24.4 Å². The van der Waals surface area contributed by atoms with Crippen molar-refractivity contribution in [2.45, 2.75) is 26.7 Å². The molecule has 0 aliphatic carbocycles. The Labute approximate surface area is 216 Å². The molecule has 0 heterocycles. The largest absolute Gasteiger partial charge is 0.457 e. The van der Waals surface area contributed by atoms with E-state index in [1.165, 1.54) is 0 Å². The average molecular weight is 560 g/mol. The quantitative estimate of drug-likeness (QED) is 0.295. The van der Waals surface area contributed by atoms with E-state index in [-0.39, 0.29) is 18.7 Å². The van der Waals surface area contributed by atoms with E-state index in [1.807, 2.05) is 26.0 Å². The minimum Gasteiger partial charge on any atom is -0.457 e. The van der Waals surface area contributed by atoms with Gasteiger partial charge in [-0.05, 0) is 85.6 Å². The van der Waals surface area contributed by atoms with Gasteiger partial charge in [0.2, 0.25) is 5.91 Å². The van der Waals surface area contributed by atoms with E-state index in [0.717, 1.165) is 15.6 Å². The Morgan fingerprint density at radius 2 is 1.46 bits per heavy atom. The number of carbonyl (C=O) groups is 3. The van der Waals surface area contributed by atoms with Gasteiger partial charge in [0.1, 0.15) is 11.5 Å². The highest BCUT2D eigenvalue weighted by molar-refractivity contribution is 9.10. The van der Waals surface area contributed by atoms with Crippen molar-refractivity contribution in [3.8, 4) is 11.5 Å². The van der Waals surface area contributed by atoms with Crippen molar-refractivity contribution in [2.24, 2.45) is 0 Å². The molecule has 3 aromatic carbocycles. The van der Waals surface area contributed by atoms with Crippen molar-refractivity contribution in [2.75, 3.05) is 17.2 Å². The van der Waals surface area contributed by atoms with Gasteiger partial charge < -0.3 is 20.1 Å². The summed E-state index contributed by atoms with van der Waals surface area (Å²) >= 11 is 9.30. The lowest BCUT2D eigenvalue weighted by molar-refractivity contribution is -0.147. The maximum absolute atomic E-state index is 12.2. The minimum atomic E-state index is -0.634. The molecular weight excluding hydrogens is 536 g/mol. The summed E-state index contributed by atoms with van der Waals surface area (Å²) in [5.74, 6) is -0.195. The first kappa shape index (κ1) is 26.2. The van der Waals surface area contributed by atoms with E-state index < -0.39 is 18.5 Å². The number of halogens is 2. The summed E-state index contributed by atoms with van der Waals surface area (Å²) in [6, 6.07) is 17.5. The summed E-state index contributed by atoms with van der Waals surface area (Å²) in [5, 5.41) is 6.05. The molecular formula is C26H24BrClN2O5. The molecule has 0 atom stereocenters. The van der Waals surface area contributed by atoms with Crippen LogP contribution < -0.4 is 15.4 Å². The zero-order valence-corrected chi connectivity index (χ0v) is 21.5. The van der Waals surface area contributed by atoms with Gasteiger partial charge in [0, 0.05) is 27.3 Å². The molecule has 182 valence electrons. The van der Waals surface area contributed by atoms with E-state index in [9.17, 15) is 14.4 Å². The fraction of sp³-hybridized carbons (Fsp3) is 0.192. The van der Waals surface area contributed by atoms with Gasteiger partial charge in [0.25, 0.3) is 5.91 Å². The molecule has 0 radical (unpaired) electrons. The minimum absolute atomic E-state index is 0.0749. The number of hydrogen-bond donors (Lipinski definition) is 2. The van der Waals surface area contributed by atoms with Crippen molar-refractivity contribution < 1.29 is 23.9 Å². The second kappa shape index (κ2) is 12.4. The van der Waals surface area contributed by atoms with Crippen LogP contribution in [0.4, 0.5) is 11.4 Å². The van der Waals surface area contributed by atoms with Gasteiger partial charge in [-0.15, -0.1) is 0 Å². The molecule has 2 N–H and O–H groups in total. The molecule has 2 amide bonds. The fourth-order valence-corrected chi connectivity index (χ4v) is 3.59. The van der Waals surface area contributed by atoms with Gasteiger partial charge in [0.05, 0.1) is 6.42 Å². The van der Waals surface area contributed by atoms with Crippen molar-refractivity contribution in [1.29, 1.82) is 0 Å². The third-order valence-electron chi connectivity index (χ3n) is 4.89. The number of amides is 2. The van der Waals surface area contributed by atoms with Gasteiger partial charge in [-0.2, -0.15) is 0 Å². The monoisotopic (exact) mass is 558 g/mol. The summed E-state index contributed by atoms with van der Waals surface area (Å²) in [5.41, 5.74) is 3.06. The van der Waals surface area contributed by atoms with E-state index in [0.29, 0.717) is 27.9 Å². The van der Waals surface area contributed by atoms with Crippen molar-refractivity contribution in [3.63, 3.8) is 0 Å². The van der Waals surface area contributed by atoms with Gasteiger partial charge in [0.15, 0.2) is 6.61 Å². The molecule has 3 aromatic rings. The summed E-state index contributed by atoms with van der Waals surface area (Å²) < 4.78 is 11.6. The molecule has 7 nitrogen and oxygen atoms in total. The van der Waals surface area contributed by atoms with Crippen molar-refractivity contribution in [3.05, 3.63) is 81.3 Å². The summed E-state index contributed by atoms with van der Waals surface area (Å²) in [4.78, 5) is 36.2. The lowest BCUT2D eigenvalue weighted by atomic mass is 10.1. The highest BCUT2D eigenvalue weighted by atomic mass is 79.9. The van der Waals surface area contributed by atoms with Crippen LogP contribution in [0.1, 0.15) is 24.0 Å². The molecule has 0 saturated heterocycles. The van der Waals surface area contributed by atoms with E-state index >= 15 is 0 Å². The number of anilines is 2. The zero-order valence-electron chi connectivity index (χ0n) is 19.2. The smallest absolute Gasteiger partial charge is 0.306 e. The summed E-state index contributed by atoms with van der Waals surface area (Å²) in [6.07, 6.45) is -0.220.